The minimum atomic E-state index is -0.230. The number of hydrogen-bond donors (Lipinski definition) is 0. The first-order valence-electron chi connectivity index (χ1n) is 4.80. The molecule has 14 heavy (non-hydrogen) atoms. The lowest BCUT2D eigenvalue weighted by Crippen LogP contribution is -2.06. The molecule has 2 heteroatoms. The van der Waals surface area contributed by atoms with Crippen molar-refractivity contribution in [1.29, 1.82) is 0 Å². The highest BCUT2D eigenvalue weighted by Crippen LogP contribution is 1.97. The summed E-state index contributed by atoms with van der Waals surface area (Å²) in [6.45, 7) is 5.97. The van der Waals surface area contributed by atoms with Crippen molar-refractivity contribution in [3.63, 3.8) is 0 Å². The van der Waals surface area contributed by atoms with E-state index >= 15 is 0 Å². The molecule has 0 aliphatic carbocycles. The minimum absolute atomic E-state index is 0.230. The lowest BCUT2D eigenvalue weighted by atomic mass is 10.3. The SMILES string of the molecule is CC=CC=CCCOC(=O)/C(C)=C/C. The molecule has 0 atom stereocenters. The van der Waals surface area contributed by atoms with Crippen LogP contribution in [0.2, 0.25) is 0 Å². The predicted octanol–water partition coefficient (Wildman–Crippen LogP) is 3.02. The fourth-order valence-corrected chi connectivity index (χ4v) is 0.737. The van der Waals surface area contributed by atoms with Crippen molar-refractivity contribution in [1.82, 2.24) is 0 Å². The van der Waals surface area contributed by atoms with Gasteiger partial charge in [0.15, 0.2) is 0 Å². The molecule has 2 nitrogen and oxygen atoms in total. The maximum absolute atomic E-state index is 11.1. The topological polar surface area (TPSA) is 26.3 Å². The summed E-state index contributed by atoms with van der Waals surface area (Å²) in [5.41, 5.74) is 0.655. The van der Waals surface area contributed by atoms with Crippen LogP contribution >= 0.6 is 0 Å². The van der Waals surface area contributed by atoms with Crippen molar-refractivity contribution < 1.29 is 9.53 Å². The van der Waals surface area contributed by atoms with Crippen LogP contribution in [-0.4, -0.2) is 12.6 Å². The Morgan fingerprint density at radius 2 is 2.00 bits per heavy atom. The average Bonchev–Trinajstić information content (AvgIpc) is 2.21. The van der Waals surface area contributed by atoms with Gasteiger partial charge in [-0.25, -0.2) is 4.79 Å². The highest BCUT2D eigenvalue weighted by molar-refractivity contribution is 5.87. The number of esters is 1. The van der Waals surface area contributed by atoms with Gasteiger partial charge in [0.05, 0.1) is 6.61 Å². The molecule has 0 rings (SSSR count). The van der Waals surface area contributed by atoms with Crippen LogP contribution in [0.1, 0.15) is 27.2 Å². The third-order valence-corrected chi connectivity index (χ3v) is 1.71. The number of rotatable bonds is 5. The van der Waals surface area contributed by atoms with E-state index in [0.717, 1.165) is 6.42 Å². The normalized spacial score (nSPS) is 12.6. The minimum Gasteiger partial charge on any atom is -0.462 e. The molecule has 0 aliphatic heterocycles. The second-order valence-electron chi connectivity index (χ2n) is 2.85. The summed E-state index contributed by atoms with van der Waals surface area (Å²) in [7, 11) is 0. The van der Waals surface area contributed by atoms with Crippen LogP contribution in [0, 0.1) is 0 Å². The van der Waals surface area contributed by atoms with Crippen LogP contribution in [-0.2, 0) is 9.53 Å². The van der Waals surface area contributed by atoms with Gasteiger partial charge in [-0.15, -0.1) is 0 Å². The average molecular weight is 194 g/mol. The van der Waals surface area contributed by atoms with E-state index in [9.17, 15) is 4.79 Å². The van der Waals surface area contributed by atoms with E-state index in [4.69, 9.17) is 4.74 Å². The largest absolute Gasteiger partial charge is 0.462 e. The van der Waals surface area contributed by atoms with Crippen molar-refractivity contribution >= 4 is 5.97 Å². The standard InChI is InChI=1S/C12H18O2/c1-4-6-7-8-9-10-14-12(13)11(3)5-2/h4-8H,9-10H2,1-3H3/b6-4?,8-7?,11-5+. The van der Waals surface area contributed by atoms with E-state index in [0.29, 0.717) is 12.2 Å². The van der Waals surface area contributed by atoms with Crippen LogP contribution in [0.4, 0.5) is 0 Å². The molecule has 0 aromatic carbocycles. The number of ether oxygens (including phenoxy) is 1. The van der Waals surface area contributed by atoms with Crippen molar-refractivity contribution in [2.45, 2.75) is 27.2 Å². The molecular formula is C12H18O2. The Balaban J connectivity index is 3.60. The van der Waals surface area contributed by atoms with Gasteiger partial charge in [-0.1, -0.05) is 30.4 Å². The van der Waals surface area contributed by atoms with E-state index < -0.39 is 0 Å². The third-order valence-electron chi connectivity index (χ3n) is 1.71. The molecule has 0 fully saturated rings. The molecule has 0 saturated carbocycles. The molecule has 0 aliphatic rings. The van der Waals surface area contributed by atoms with Gasteiger partial charge in [0, 0.05) is 5.57 Å². The second kappa shape index (κ2) is 8.30. The van der Waals surface area contributed by atoms with E-state index in [1.54, 1.807) is 13.0 Å². The maximum atomic E-state index is 11.1. The van der Waals surface area contributed by atoms with E-state index in [1.807, 2.05) is 38.2 Å². The van der Waals surface area contributed by atoms with Crippen molar-refractivity contribution in [2.24, 2.45) is 0 Å². The van der Waals surface area contributed by atoms with Gasteiger partial charge < -0.3 is 4.74 Å². The molecule has 0 amide bonds. The van der Waals surface area contributed by atoms with E-state index in [1.165, 1.54) is 0 Å². The molecular weight excluding hydrogens is 176 g/mol. The van der Waals surface area contributed by atoms with Crippen molar-refractivity contribution in [3.8, 4) is 0 Å². The van der Waals surface area contributed by atoms with Gasteiger partial charge in [-0.2, -0.15) is 0 Å². The Bertz CT molecular complexity index is 247. The predicted molar refractivity (Wildman–Crippen MR) is 59.0 cm³/mol. The van der Waals surface area contributed by atoms with Crippen LogP contribution < -0.4 is 0 Å². The Kier molecular flexibility index (Phi) is 7.52. The molecule has 0 aromatic heterocycles. The molecule has 0 radical (unpaired) electrons. The maximum Gasteiger partial charge on any atom is 0.333 e. The number of allylic oxidation sites excluding steroid dienone is 4. The Morgan fingerprint density at radius 1 is 1.29 bits per heavy atom. The second-order valence-corrected chi connectivity index (χ2v) is 2.85. The smallest absolute Gasteiger partial charge is 0.333 e. The van der Waals surface area contributed by atoms with Gasteiger partial charge in [0.1, 0.15) is 0 Å². The van der Waals surface area contributed by atoms with Crippen molar-refractivity contribution in [2.75, 3.05) is 6.61 Å². The Hall–Kier alpha value is -1.31. The third kappa shape index (κ3) is 6.23. The van der Waals surface area contributed by atoms with Crippen LogP contribution in [0.5, 0.6) is 0 Å². The highest BCUT2D eigenvalue weighted by Gasteiger charge is 2.01. The molecule has 0 unspecified atom stereocenters. The van der Waals surface area contributed by atoms with Gasteiger partial charge in [-0.05, 0) is 27.2 Å². The first kappa shape index (κ1) is 12.7. The summed E-state index contributed by atoms with van der Waals surface area (Å²) in [5, 5.41) is 0. The quantitative estimate of drug-likeness (QED) is 0.291. The molecule has 0 N–H and O–H groups in total. The molecule has 0 spiro atoms. The van der Waals surface area contributed by atoms with Gasteiger partial charge >= 0.3 is 5.97 Å². The number of carbonyl (C=O) groups excluding carboxylic acids is 1. The fourth-order valence-electron chi connectivity index (χ4n) is 0.737. The summed E-state index contributed by atoms with van der Waals surface area (Å²) in [5.74, 6) is -0.230. The van der Waals surface area contributed by atoms with Crippen LogP contribution in [0.3, 0.4) is 0 Å². The van der Waals surface area contributed by atoms with Crippen molar-refractivity contribution in [3.05, 3.63) is 36.0 Å². The Morgan fingerprint density at radius 3 is 2.57 bits per heavy atom. The molecule has 0 bridgehead atoms. The summed E-state index contributed by atoms with van der Waals surface area (Å²) < 4.78 is 4.99. The lowest BCUT2D eigenvalue weighted by molar-refractivity contribution is -0.138. The molecule has 0 heterocycles. The number of carbonyl (C=O) groups is 1. The number of hydrogen-bond acceptors (Lipinski definition) is 2. The monoisotopic (exact) mass is 194 g/mol. The van der Waals surface area contributed by atoms with Crippen LogP contribution in [0.25, 0.3) is 0 Å². The zero-order valence-corrected chi connectivity index (χ0v) is 9.12. The summed E-state index contributed by atoms with van der Waals surface area (Å²) in [6.07, 6.45) is 10.3. The summed E-state index contributed by atoms with van der Waals surface area (Å²) in [4.78, 5) is 11.1. The Labute approximate surface area is 86.0 Å². The first-order valence-corrected chi connectivity index (χ1v) is 4.80. The fraction of sp³-hybridized carbons (Fsp3) is 0.417. The lowest BCUT2D eigenvalue weighted by Gasteiger charge is -2.01. The zero-order chi connectivity index (χ0) is 10.8. The highest BCUT2D eigenvalue weighted by atomic mass is 16.5. The van der Waals surface area contributed by atoms with E-state index in [2.05, 4.69) is 0 Å². The van der Waals surface area contributed by atoms with Gasteiger partial charge in [-0.3, -0.25) is 0 Å². The molecule has 78 valence electrons. The van der Waals surface area contributed by atoms with E-state index in [-0.39, 0.29) is 5.97 Å². The molecule has 0 saturated heterocycles. The van der Waals surface area contributed by atoms with Gasteiger partial charge in [0.2, 0.25) is 0 Å². The first-order chi connectivity index (χ1) is 6.72. The van der Waals surface area contributed by atoms with Crippen LogP contribution in [0.15, 0.2) is 36.0 Å². The summed E-state index contributed by atoms with van der Waals surface area (Å²) in [6, 6.07) is 0. The zero-order valence-electron chi connectivity index (χ0n) is 9.12. The summed E-state index contributed by atoms with van der Waals surface area (Å²) >= 11 is 0. The van der Waals surface area contributed by atoms with Gasteiger partial charge in [0.25, 0.3) is 0 Å². The molecule has 0 aromatic rings.